The summed E-state index contributed by atoms with van der Waals surface area (Å²) in [5, 5.41) is 11.9. The Bertz CT molecular complexity index is 611. The first-order valence-corrected chi connectivity index (χ1v) is 6.03. The zero-order valence-electron chi connectivity index (χ0n) is 10.7. The normalized spacial score (nSPS) is 10.0. The lowest BCUT2D eigenvalue weighted by Gasteiger charge is -2.10. The highest BCUT2D eigenvalue weighted by Gasteiger charge is 2.12. The molecule has 5 nitrogen and oxygen atoms in total. The standard InChI is InChI=1S/C15H13NO4/c17-15(18)13-8-12(9-16-19)6-7-14(13)20-10-11-4-2-1-3-5-11/h1-8H,9-10H2,(H,17,18). The molecule has 0 aliphatic rings. The van der Waals surface area contributed by atoms with Gasteiger partial charge in [0, 0.05) is 0 Å². The van der Waals surface area contributed by atoms with Crippen LogP contribution in [0.5, 0.6) is 5.75 Å². The topological polar surface area (TPSA) is 76.0 Å². The van der Waals surface area contributed by atoms with E-state index in [4.69, 9.17) is 9.84 Å². The minimum Gasteiger partial charge on any atom is -0.488 e. The van der Waals surface area contributed by atoms with Gasteiger partial charge in [0.05, 0.1) is 0 Å². The molecule has 0 aliphatic carbocycles. The molecule has 2 aromatic rings. The van der Waals surface area contributed by atoms with Crippen LogP contribution in [0.1, 0.15) is 21.5 Å². The number of ether oxygens (including phenoxy) is 1. The lowest BCUT2D eigenvalue weighted by molar-refractivity contribution is 0.0691. The van der Waals surface area contributed by atoms with Crippen LogP contribution in [0.3, 0.4) is 0 Å². The van der Waals surface area contributed by atoms with Crippen LogP contribution in [-0.2, 0) is 13.2 Å². The Balaban J connectivity index is 2.18. The summed E-state index contributed by atoms with van der Waals surface area (Å²) < 4.78 is 5.53. The molecular weight excluding hydrogens is 258 g/mol. The second-order valence-corrected chi connectivity index (χ2v) is 4.20. The Kier molecular flexibility index (Phi) is 4.44. The first-order valence-electron chi connectivity index (χ1n) is 6.03. The predicted molar refractivity (Wildman–Crippen MR) is 73.7 cm³/mol. The number of nitrogens with zero attached hydrogens (tertiary/aromatic N) is 1. The predicted octanol–water partition coefficient (Wildman–Crippen LogP) is 3.23. The lowest BCUT2D eigenvalue weighted by atomic mass is 10.1. The molecule has 0 atom stereocenters. The van der Waals surface area contributed by atoms with Gasteiger partial charge in [-0.3, -0.25) is 0 Å². The molecule has 0 aromatic heterocycles. The average Bonchev–Trinajstić information content (AvgIpc) is 2.47. The van der Waals surface area contributed by atoms with Gasteiger partial charge in [-0.15, -0.1) is 0 Å². The zero-order valence-corrected chi connectivity index (χ0v) is 10.7. The lowest BCUT2D eigenvalue weighted by Crippen LogP contribution is -2.04. The van der Waals surface area contributed by atoms with E-state index < -0.39 is 5.97 Å². The van der Waals surface area contributed by atoms with Gasteiger partial charge in [0.25, 0.3) is 0 Å². The molecule has 0 saturated carbocycles. The molecular formula is C15H13NO4. The van der Waals surface area contributed by atoms with Crippen molar-refractivity contribution < 1.29 is 14.6 Å². The summed E-state index contributed by atoms with van der Waals surface area (Å²) in [6.07, 6.45) is 0. The van der Waals surface area contributed by atoms with E-state index in [0.717, 1.165) is 5.56 Å². The summed E-state index contributed by atoms with van der Waals surface area (Å²) in [4.78, 5) is 21.4. The highest BCUT2D eigenvalue weighted by Crippen LogP contribution is 2.22. The number of carbonyl (C=O) groups is 1. The number of rotatable bonds is 6. The van der Waals surface area contributed by atoms with Gasteiger partial charge in [-0.25, -0.2) is 4.79 Å². The second kappa shape index (κ2) is 6.47. The number of nitroso groups, excluding NO2 is 1. The first kappa shape index (κ1) is 13.7. The number of hydrogen-bond donors (Lipinski definition) is 1. The molecule has 0 saturated heterocycles. The molecule has 102 valence electrons. The van der Waals surface area contributed by atoms with Crippen molar-refractivity contribution in [3.63, 3.8) is 0 Å². The van der Waals surface area contributed by atoms with Gasteiger partial charge in [0.15, 0.2) is 0 Å². The Morgan fingerprint density at radius 3 is 2.50 bits per heavy atom. The van der Waals surface area contributed by atoms with E-state index >= 15 is 0 Å². The van der Waals surface area contributed by atoms with Crippen LogP contribution in [0.25, 0.3) is 0 Å². The molecule has 0 radical (unpaired) electrons. The van der Waals surface area contributed by atoms with Crippen molar-refractivity contribution >= 4 is 5.97 Å². The summed E-state index contributed by atoms with van der Waals surface area (Å²) in [5.41, 5.74) is 1.52. The Morgan fingerprint density at radius 2 is 1.85 bits per heavy atom. The van der Waals surface area contributed by atoms with Gasteiger partial charge in [0.1, 0.15) is 24.5 Å². The third-order valence-electron chi connectivity index (χ3n) is 2.76. The minimum absolute atomic E-state index is 0.0297. The molecule has 5 heteroatoms. The van der Waals surface area contributed by atoms with Gasteiger partial charge < -0.3 is 9.84 Å². The molecule has 0 unspecified atom stereocenters. The first-order chi connectivity index (χ1) is 9.70. The summed E-state index contributed by atoms with van der Waals surface area (Å²) in [7, 11) is 0. The van der Waals surface area contributed by atoms with E-state index in [1.165, 1.54) is 6.07 Å². The Labute approximate surface area is 115 Å². The maximum atomic E-state index is 11.2. The van der Waals surface area contributed by atoms with Gasteiger partial charge >= 0.3 is 5.97 Å². The highest BCUT2D eigenvalue weighted by molar-refractivity contribution is 5.91. The molecule has 2 rings (SSSR count). The third kappa shape index (κ3) is 3.41. The van der Waals surface area contributed by atoms with Gasteiger partial charge in [0.2, 0.25) is 0 Å². The molecule has 0 amide bonds. The number of carboxylic acid groups (broad SMARTS) is 1. The van der Waals surface area contributed by atoms with Crippen molar-refractivity contribution in [2.24, 2.45) is 5.18 Å². The fraction of sp³-hybridized carbons (Fsp3) is 0.133. The number of carboxylic acids is 1. The average molecular weight is 271 g/mol. The Hall–Kier alpha value is -2.69. The summed E-state index contributed by atoms with van der Waals surface area (Å²) in [5.74, 6) is -0.822. The van der Waals surface area contributed by atoms with E-state index in [2.05, 4.69) is 5.18 Å². The fourth-order valence-corrected chi connectivity index (χ4v) is 1.78. The van der Waals surface area contributed by atoms with E-state index in [9.17, 15) is 9.70 Å². The van der Waals surface area contributed by atoms with Crippen molar-refractivity contribution in [1.29, 1.82) is 0 Å². The van der Waals surface area contributed by atoms with Crippen LogP contribution in [-0.4, -0.2) is 11.1 Å². The number of benzene rings is 2. The maximum Gasteiger partial charge on any atom is 0.339 e. The van der Waals surface area contributed by atoms with Crippen LogP contribution in [0.2, 0.25) is 0 Å². The van der Waals surface area contributed by atoms with Gasteiger partial charge in [-0.05, 0) is 23.3 Å². The largest absolute Gasteiger partial charge is 0.488 e. The van der Waals surface area contributed by atoms with Crippen LogP contribution in [0, 0.1) is 4.91 Å². The zero-order chi connectivity index (χ0) is 14.4. The minimum atomic E-state index is -1.10. The Morgan fingerprint density at radius 1 is 1.10 bits per heavy atom. The number of aromatic carboxylic acids is 1. The second-order valence-electron chi connectivity index (χ2n) is 4.20. The van der Waals surface area contributed by atoms with Crippen molar-refractivity contribution in [3.8, 4) is 5.75 Å². The van der Waals surface area contributed by atoms with Crippen molar-refractivity contribution in [2.45, 2.75) is 13.2 Å². The molecule has 0 bridgehead atoms. The van der Waals surface area contributed by atoms with E-state index in [-0.39, 0.29) is 24.5 Å². The molecule has 0 aliphatic heterocycles. The van der Waals surface area contributed by atoms with Crippen LogP contribution < -0.4 is 4.74 Å². The monoisotopic (exact) mass is 271 g/mol. The van der Waals surface area contributed by atoms with E-state index in [1.807, 2.05) is 30.3 Å². The summed E-state index contributed by atoms with van der Waals surface area (Å²) in [6, 6.07) is 14.0. The molecule has 2 aromatic carbocycles. The molecule has 20 heavy (non-hydrogen) atoms. The quantitative estimate of drug-likeness (QED) is 0.818. The van der Waals surface area contributed by atoms with Crippen LogP contribution >= 0.6 is 0 Å². The molecule has 0 heterocycles. The van der Waals surface area contributed by atoms with Gasteiger partial charge in [-0.1, -0.05) is 41.6 Å². The van der Waals surface area contributed by atoms with Gasteiger partial charge in [-0.2, -0.15) is 4.91 Å². The van der Waals surface area contributed by atoms with E-state index in [0.29, 0.717) is 5.56 Å². The summed E-state index contributed by atoms with van der Waals surface area (Å²) >= 11 is 0. The smallest absolute Gasteiger partial charge is 0.339 e. The summed E-state index contributed by atoms with van der Waals surface area (Å²) in [6.45, 7) is 0.228. The SMILES string of the molecule is O=NCc1ccc(OCc2ccccc2)c(C(=O)O)c1. The number of hydrogen-bond acceptors (Lipinski definition) is 4. The van der Waals surface area contributed by atoms with Crippen molar-refractivity contribution in [3.05, 3.63) is 70.1 Å². The molecule has 0 fully saturated rings. The maximum absolute atomic E-state index is 11.2. The van der Waals surface area contributed by atoms with Crippen molar-refractivity contribution in [1.82, 2.24) is 0 Å². The van der Waals surface area contributed by atoms with E-state index in [1.54, 1.807) is 12.1 Å². The molecule has 1 N–H and O–H groups in total. The fourth-order valence-electron chi connectivity index (χ4n) is 1.78. The highest BCUT2D eigenvalue weighted by atomic mass is 16.5. The van der Waals surface area contributed by atoms with Crippen molar-refractivity contribution in [2.75, 3.05) is 0 Å². The van der Waals surface area contributed by atoms with Crippen LogP contribution in [0.4, 0.5) is 0 Å². The molecule has 0 spiro atoms. The third-order valence-corrected chi connectivity index (χ3v) is 2.76. The van der Waals surface area contributed by atoms with Crippen LogP contribution in [0.15, 0.2) is 53.7 Å².